The summed E-state index contributed by atoms with van der Waals surface area (Å²) in [7, 11) is 0. The molecule has 3 heterocycles. The van der Waals surface area contributed by atoms with Gasteiger partial charge in [-0.2, -0.15) is 5.10 Å². The molecule has 2 aromatic heterocycles. The summed E-state index contributed by atoms with van der Waals surface area (Å²) in [6.45, 7) is 3.06. The predicted molar refractivity (Wildman–Crippen MR) is 95.6 cm³/mol. The largest absolute Gasteiger partial charge is 0.375 e. The van der Waals surface area contributed by atoms with Crippen molar-refractivity contribution in [3.05, 3.63) is 47.2 Å². The van der Waals surface area contributed by atoms with Crippen molar-refractivity contribution in [1.29, 1.82) is 0 Å². The van der Waals surface area contributed by atoms with E-state index in [0.29, 0.717) is 11.0 Å². The zero-order valence-electron chi connectivity index (χ0n) is 13.4. The van der Waals surface area contributed by atoms with Crippen molar-refractivity contribution in [1.82, 2.24) is 25.1 Å². The summed E-state index contributed by atoms with van der Waals surface area (Å²) in [5.41, 5.74) is 6.76. The van der Waals surface area contributed by atoms with Crippen molar-refractivity contribution in [2.24, 2.45) is 0 Å². The second kappa shape index (κ2) is 6.70. The zero-order chi connectivity index (χ0) is 16.4. The van der Waals surface area contributed by atoms with Gasteiger partial charge in [-0.05, 0) is 25.9 Å². The number of piperidine rings is 1. The summed E-state index contributed by atoms with van der Waals surface area (Å²) in [5, 5.41) is 8.17. The highest BCUT2D eigenvalue weighted by molar-refractivity contribution is 7.15. The third kappa shape index (κ3) is 3.32. The van der Waals surface area contributed by atoms with E-state index in [9.17, 15) is 0 Å². The maximum Gasteiger partial charge on any atom is 0.181 e. The maximum absolute atomic E-state index is 5.70. The van der Waals surface area contributed by atoms with E-state index in [4.69, 9.17) is 10.7 Å². The van der Waals surface area contributed by atoms with E-state index in [2.05, 4.69) is 20.1 Å². The monoisotopic (exact) mass is 340 g/mol. The first-order valence-corrected chi connectivity index (χ1v) is 9.00. The molecule has 3 aromatic rings. The van der Waals surface area contributed by atoms with Crippen LogP contribution in [0.3, 0.4) is 0 Å². The molecular formula is C17H20N6S. The molecule has 0 saturated carbocycles. The molecule has 4 rings (SSSR count). The fourth-order valence-corrected chi connectivity index (χ4v) is 3.88. The maximum atomic E-state index is 5.70. The van der Waals surface area contributed by atoms with E-state index >= 15 is 0 Å². The van der Waals surface area contributed by atoms with Crippen molar-refractivity contribution in [3.8, 4) is 11.4 Å². The minimum absolute atomic E-state index is 0.456. The molecule has 24 heavy (non-hydrogen) atoms. The molecule has 1 fully saturated rings. The van der Waals surface area contributed by atoms with Crippen molar-refractivity contribution >= 4 is 16.5 Å². The van der Waals surface area contributed by atoms with Gasteiger partial charge in [0.1, 0.15) is 5.82 Å². The minimum atomic E-state index is 0.456. The molecule has 0 atom stereocenters. The van der Waals surface area contributed by atoms with E-state index in [1.807, 2.05) is 36.5 Å². The van der Waals surface area contributed by atoms with E-state index in [-0.39, 0.29) is 0 Å². The van der Waals surface area contributed by atoms with Crippen LogP contribution in [-0.2, 0) is 6.54 Å². The Balaban J connectivity index is 1.37. The van der Waals surface area contributed by atoms with Gasteiger partial charge >= 0.3 is 0 Å². The molecule has 7 heteroatoms. The van der Waals surface area contributed by atoms with Crippen LogP contribution in [0.25, 0.3) is 11.4 Å². The molecular weight excluding hydrogens is 320 g/mol. The predicted octanol–water partition coefficient (Wildman–Crippen LogP) is 2.89. The second-order valence-electron chi connectivity index (χ2n) is 6.13. The normalized spacial score (nSPS) is 16.5. The highest BCUT2D eigenvalue weighted by Crippen LogP contribution is 2.28. The number of H-pyrrole nitrogens is 1. The first kappa shape index (κ1) is 15.3. The van der Waals surface area contributed by atoms with Crippen molar-refractivity contribution in [2.75, 3.05) is 18.8 Å². The highest BCUT2D eigenvalue weighted by Gasteiger charge is 2.24. The van der Waals surface area contributed by atoms with Gasteiger partial charge in [-0.1, -0.05) is 30.3 Å². The number of nitrogen functional groups attached to an aromatic ring is 1. The number of thiazole rings is 1. The Morgan fingerprint density at radius 1 is 1.21 bits per heavy atom. The van der Waals surface area contributed by atoms with Crippen molar-refractivity contribution in [3.63, 3.8) is 0 Å². The van der Waals surface area contributed by atoms with E-state index < -0.39 is 0 Å². The van der Waals surface area contributed by atoms with E-state index in [1.54, 1.807) is 11.3 Å². The van der Waals surface area contributed by atoms with Crippen LogP contribution < -0.4 is 5.73 Å². The van der Waals surface area contributed by atoms with Crippen LogP contribution in [0.5, 0.6) is 0 Å². The average Bonchev–Trinajstić information content (AvgIpc) is 3.26. The topological polar surface area (TPSA) is 83.7 Å². The molecule has 1 aromatic carbocycles. The Hall–Kier alpha value is -2.25. The summed E-state index contributed by atoms with van der Waals surface area (Å²) in [6.07, 6.45) is 4.07. The number of hydrogen-bond acceptors (Lipinski definition) is 6. The second-order valence-corrected chi connectivity index (χ2v) is 7.27. The zero-order valence-corrected chi connectivity index (χ0v) is 14.2. The van der Waals surface area contributed by atoms with Crippen LogP contribution in [0.4, 0.5) is 5.13 Å². The summed E-state index contributed by atoms with van der Waals surface area (Å²) in [5.74, 6) is 2.25. The number of likely N-dealkylation sites (tertiary alicyclic amines) is 1. The molecule has 124 valence electrons. The number of nitrogens with two attached hydrogens (primary N) is 1. The number of anilines is 1. The number of aromatic amines is 1. The Bertz CT molecular complexity index is 788. The number of nitrogens with one attached hydrogen (secondary N) is 1. The quantitative estimate of drug-likeness (QED) is 0.763. The van der Waals surface area contributed by atoms with Gasteiger partial charge in [0.25, 0.3) is 0 Å². The van der Waals surface area contributed by atoms with E-state index in [0.717, 1.165) is 49.7 Å². The lowest BCUT2D eigenvalue weighted by molar-refractivity contribution is 0.203. The molecule has 6 nitrogen and oxygen atoms in total. The van der Waals surface area contributed by atoms with Gasteiger partial charge < -0.3 is 5.73 Å². The summed E-state index contributed by atoms with van der Waals surface area (Å²) in [4.78, 5) is 12.5. The fraction of sp³-hybridized carbons (Fsp3) is 0.353. The van der Waals surface area contributed by atoms with Crippen LogP contribution in [0.2, 0.25) is 0 Å². The SMILES string of the molecule is Nc1ncc(CN2CCC(c3nc(-c4ccccc4)n[nH]3)CC2)s1. The van der Waals surface area contributed by atoms with E-state index in [1.165, 1.54) is 4.88 Å². The molecule has 0 radical (unpaired) electrons. The average molecular weight is 340 g/mol. The Morgan fingerprint density at radius 3 is 2.71 bits per heavy atom. The lowest BCUT2D eigenvalue weighted by atomic mass is 9.96. The lowest BCUT2D eigenvalue weighted by Crippen LogP contribution is -2.32. The molecule has 3 N–H and O–H groups in total. The molecule has 0 bridgehead atoms. The number of benzene rings is 1. The third-order valence-electron chi connectivity index (χ3n) is 4.46. The molecule has 1 aliphatic rings. The Labute approximate surface area is 144 Å². The number of aromatic nitrogens is 4. The molecule has 0 aliphatic carbocycles. The van der Waals surface area contributed by atoms with Gasteiger partial charge in [-0.3, -0.25) is 10.00 Å². The van der Waals surface area contributed by atoms with Gasteiger partial charge in [0.2, 0.25) is 0 Å². The summed E-state index contributed by atoms with van der Waals surface area (Å²) in [6, 6.07) is 10.1. The molecule has 1 saturated heterocycles. The van der Waals surface area contributed by atoms with Crippen LogP contribution in [0, 0.1) is 0 Å². The number of rotatable bonds is 4. The van der Waals surface area contributed by atoms with Crippen LogP contribution >= 0.6 is 11.3 Å². The van der Waals surface area contributed by atoms with Crippen molar-refractivity contribution < 1.29 is 0 Å². The van der Waals surface area contributed by atoms with Gasteiger partial charge in [0.05, 0.1) is 0 Å². The fourth-order valence-electron chi connectivity index (χ4n) is 3.15. The number of hydrogen-bond donors (Lipinski definition) is 2. The summed E-state index contributed by atoms with van der Waals surface area (Å²) < 4.78 is 0. The highest BCUT2D eigenvalue weighted by atomic mass is 32.1. The van der Waals surface area contributed by atoms with Gasteiger partial charge in [-0.15, -0.1) is 11.3 Å². The standard InChI is InChI=1S/C17H20N6S/c18-17-19-10-14(24-17)11-23-8-6-13(7-9-23)16-20-15(21-22-16)12-4-2-1-3-5-12/h1-5,10,13H,6-9,11H2,(H2,18,19)(H,20,21,22). The first-order valence-electron chi connectivity index (χ1n) is 8.18. The third-order valence-corrected chi connectivity index (χ3v) is 5.27. The lowest BCUT2D eigenvalue weighted by Gasteiger charge is -2.30. The van der Waals surface area contributed by atoms with Crippen LogP contribution in [-0.4, -0.2) is 38.2 Å². The Morgan fingerprint density at radius 2 is 2.00 bits per heavy atom. The molecule has 1 aliphatic heterocycles. The van der Waals surface area contributed by atoms with Crippen LogP contribution in [0.1, 0.15) is 29.5 Å². The smallest absolute Gasteiger partial charge is 0.181 e. The van der Waals surface area contributed by atoms with Gasteiger partial charge in [-0.25, -0.2) is 9.97 Å². The first-order chi connectivity index (χ1) is 11.8. The molecule has 0 amide bonds. The molecule has 0 unspecified atom stereocenters. The van der Waals surface area contributed by atoms with Crippen LogP contribution in [0.15, 0.2) is 36.5 Å². The molecule has 0 spiro atoms. The summed E-state index contributed by atoms with van der Waals surface area (Å²) >= 11 is 1.58. The van der Waals surface area contributed by atoms with Gasteiger partial charge in [0.15, 0.2) is 11.0 Å². The van der Waals surface area contributed by atoms with Crippen molar-refractivity contribution in [2.45, 2.75) is 25.3 Å². The van der Waals surface area contributed by atoms with Gasteiger partial charge in [0, 0.05) is 29.1 Å². The Kier molecular flexibility index (Phi) is 4.27. The minimum Gasteiger partial charge on any atom is -0.375 e. The number of nitrogens with zero attached hydrogens (tertiary/aromatic N) is 4.